The van der Waals surface area contributed by atoms with Gasteiger partial charge < -0.3 is 9.30 Å². The summed E-state index contributed by atoms with van der Waals surface area (Å²) in [5.41, 5.74) is 2.85. The topological polar surface area (TPSA) is 66.1 Å². The molecule has 1 aliphatic heterocycles. The first kappa shape index (κ1) is 18.9. The molecule has 28 heavy (non-hydrogen) atoms. The van der Waals surface area contributed by atoms with Gasteiger partial charge in [-0.15, -0.1) is 0 Å². The van der Waals surface area contributed by atoms with Crippen LogP contribution in [0.5, 0.6) is 0 Å². The van der Waals surface area contributed by atoms with Crippen LogP contribution >= 0.6 is 11.6 Å². The lowest BCUT2D eigenvalue weighted by Crippen LogP contribution is -2.25. The Kier molecular flexibility index (Phi) is 5.08. The first-order chi connectivity index (χ1) is 13.4. The van der Waals surface area contributed by atoms with Crippen molar-refractivity contribution in [1.82, 2.24) is 14.1 Å². The second-order valence-corrected chi connectivity index (χ2v) is 7.73. The normalized spacial score (nSPS) is 16.8. The molecule has 2 aromatic heterocycles. The summed E-state index contributed by atoms with van der Waals surface area (Å²) in [4.78, 5) is 29.9. The van der Waals surface area contributed by atoms with Crippen LogP contribution in [0.4, 0.5) is 0 Å². The van der Waals surface area contributed by atoms with E-state index >= 15 is 0 Å². The van der Waals surface area contributed by atoms with Gasteiger partial charge in [0, 0.05) is 35.1 Å². The zero-order chi connectivity index (χ0) is 19.8. The number of benzene rings is 1. The molecule has 0 spiro atoms. The summed E-state index contributed by atoms with van der Waals surface area (Å²) < 4.78 is 9.20. The van der Waals surface area contributed by atoms with Crippen molar-refractivity contribution in [2.45, 2.75) is 45.9 Å². The van der Waals surface area contributed by atoms with E-state index in [0.717, 1.165) is 37.4 Å². The van der Waals surface area contributed by atoms with Gasteiger partial charge in [0.1, 0.15) is 0 Å². The predicted molar refractivity (Wildman–Crippen MR) is 108 cm³/mol. The molecule has 3 heterocycles. The van der Waals surface area contributed by atoms with E-state index in [0.29, 0.717) is 21.5 Å². The highest BCUT2D eigenvalue weighted by Gasteiger charge is 2.21. The van der Waals surface area contributed by atoms with Crippen LogP contribution in [0.2, 0.25) is 5.02 Å². The standard InChI is InChI=1S/C21H22ClN3O3/c1-13-8-17(14(2)25(13)10-16-4-3-7-28-16)20(26)11-24-12-23-19-6-5-15(22)9-18(19)21(24)27/h5-6,8-9,12,16H,3-4,7,10-11H2,1-2H3. The van der Waals surface area contributed by atoms with E-state index in [4.69, 9.17) is 16.3 Å². The highest BCUT2D eigenvalue weighted by molar-refractivity contribution is 6.31. The van der Waals surface area contributed by atoms with Crippen LogP contribution in [0.3, 0.4) is 0 Å². The van der Waals surface area contributed by atoms with E-state index in [1.807, 2.05) is 19.9 Å². The number of ketones is 1. The third kappa shape index (κ3) is 3.50. The maximum absolute atomic E-state index is 12.9. The lowest BCUT2D eigenvalue weighted by atomic mass is 10.1. The summed E-state index contributed by atoms with van der Waals surface area (Å²) in [6, 6.07) is 6.86. The van der Waals surface area contributed by atoms with E-state index in [9.17, 15) is 9.59 Å². The minimum atomic E-state index is -0.269. The Morgan fingerprint density at radius 2 is 2.14 bits per heavy atom. The number of nitrogens with zero attached hydrogens (tertiary/aromatic N) is 3. The predicted octanol–water partition coefficient (Wildman–Crippen LogP) is 3.53. The zero-order valence-electron chi connectivity index (χ0n) is 15.9. The molecule has 0 N–H and O–H groups in total. The van der Waals surface area contributed by atoms with Crippen molar-refractivity contribution in [2.75, 3.05) is 6.61 Å². The summed E-state index contributed by atoms with van der Waals surface area (Å²) in [7, 11) is 0. The molecule has 0 bridgehead atoms. The van der Waals surface area contributed by atoms with Crippen LogP contribution in [0.25, 0.3) is 10.9 Å². The maximum Gasteiger partial charge on any atom is 0.261 e. The lowest BCUT2D eigenvalue weighted by Gasteiger charge is -2.15. The Hall–Kier alpha value is -2.44. The van der Waals surface area contributed by atoms with Gasteiger partial charge in [-0.3, -0.25) is 14.2 Å². The van der Waals surface area contributed by atoms with Crippen LogP contribution in [-0.2, 0) is 17.8 Å². The van der Waals surface area contributed by atoms with Gasteiger partial charge in [0.05, 0.1) is 29.9 Å². The smallest absolute Gasteiger partial charge is 0.261 e. The molecule has 1 atom stereocenters. The molecule has 1 saturated heterocycles. The molecule has 4 rings (SSSR count). The van der Waals surface area contributed by atoms with E-state index in [2.05, 4.69) is 9.55 Å². The number of aryl methyl sites for hydroxylation is 1. The second kappa shape index (κ2) is 7.53. The summed E-state index contributed by atoms with van der Waals surface area (Å²) in [6.45, 7) is 5.43. The average Bonchev–Trinajstić information content (AvgIpc) is 3.28. The van der Waals surface area contributed by atoms with Crippen molar-refractivity contribution >= 4 is 28.3 Å². The number of rotatable bonds is 5. The van der Waals surface area contributed by atoms with Crippen molar-refractivity contribution in [2.24, 2.45) is 0 Å². The lowest BCUT2D eigenvalue weighted by molar-refractivity contribution is 0.0948. The minimum Gasteiger partial charge on any atom is -0.376 e. The molecule has 0 saturated carbocycles. The number of halogens is 1. The first-order valence-corrected chi connectivity index (χ1v) is 9.78. The first-order valence-electron chi connectivity index (χ1n) is 9.40. The monoisotopic (exact) mass is 399 g/mol. The zero-order valence-corrected chi connectivity index (χ0v) is 16.7. The van der Waals surface area contributed by atoms with Crippen molar-refractivity contribution in [1.29, 1.82) is 0 Å². The fraction of sp³-hybridized carbons (Fsp3) is 0.381. The van der Waals surface area contributed by atoms with E-state index < -0.39 is 0 Å². The highest BCUT2D eigenvalue weighted by Crippen LogP contribution is 2.21. The molecular formula is C21H22ClN3O3. The Labute approximate surface area is 167 Å². The van der Waals surface area contributed by atoms with Gasteiger partial charge in [-0.05, 0) is 51.0 Å². The van der Waals surface area contributed by atoms with Gasteiger partial charge >= 0.3 is 0 Å². The fourth-order valence-electron chi connectivity index (χ4n) is 3.84. The molecule has 6 nitrogen and oxygen atoms in total. The number of fused-ring (bicyclic) bond motifs is 1. The number of Topliss-reactive ketones (excluding diaryl/α,β-unsaturated/α-hetero) is 1. The van der Waals surface area contributed by atoms with E-state index in [-0.39, 0.29) is 24.0 Å². The SMILES string of the molecule is Cc1cc(C(=O)Cn2cnc3ccc(Cl)cc3c2=O)c(C)n1CC1CCCO1. The van der Waals surface area contributed by atoms with E-state index in [1.165, 1.54) is 10.9 Å². The molecule has 7 heteroatoms. The summed E-state index contributed by atoms with van der Waals surface area (Å²) in [6.07, 6.45) is 3.74. The van der Waals surface area contributed by atoms with Crippen molar-refractivity contribution in [3.8, 4) is 0 Å². The molecular weight excluding hydrogens is 378 g/mol. The molecule has 0 aliphatic carbocycles. The number of aromatic nitrogens is 3. The average molecular weight is 400 g/mol. The third-order valence-electron chi connectivity index (χ3n) is 5.38. The largest absolute Gasteiger partial charge is 0.376 e. The molecule has 0 radical (unpaired) electrons. The van der Waals surface area contributed by atoms with Crippen LogP contribution in [0, 0.1) is 13.8 Å². The molecule has 1 aliphatic rings. The fourth-order valence-corrected chi connectivity index (χ4v) is 4.01. The molecule has 3 aromatic rings. The molecule has 0 amide bonds. The van der Waals surface area contributed by atoms with Crippen molar-refractivity contribution in [3.63, 3.8) is 0 Å². The Morgan fingerprint density at radius 3 is 2.89 bits per heavy atom. The van der Waals surface area contributed by atoms with E-state index in [1.54, 1.807) is 18.2 Å². The number of carbonyl (C=O) groups excluding carboxylic acids is 1. The summed E-state index contributed by atoms with van der Waals surface area (Å²) >= 11 is 6.00. The molecule has 1 aromatic carbocycles. The molecule has 1 fully saturated rings. The van der Waals surface area contributed by atoms with Gasteiger partial charge in [0.15, 0.2) is 5.78 Å². The number of hydrogen-bond donors (Lipinski definition) is 0. The molecule has 1 unspecified atom stereocenters. The minimum absolute atomic E-state index is 0.0570. The van der Waals surface area contributed by atoms with Gasteiger partial charge in [-0.25, -0.2) is 4.98 Å². The summed E-state index contributed by atoms with van der Waals surface area (Å²) in [5.74, 6) is -0.114. The summed E-state index contributed by atoms with van der Waals surface area (Å²) in [5, 5.41) is 0.875. The van der Waals surface area contributed by atoms with Crippen LogP contribution in [0.15, 0.2) is 35.4 Å². The van der Waals surface area contributed by atoms with Crippen molar-refractivity contribution in [3.05, 3.63) is 62.9 Å². The molecule has 146 valence electrons. The van der Waals surface area contributed by atoms with Crippen LogP contribution < -0.4 is 5.56 Å². The second-order valence-electron chi connectivity index (χ2n) is 7.29. The van der Waals surface area contributed by atoms with Crippen LogP contribution in [0.1, 0.15) is 34.6 Å². The van der Waals surface area contributed by atoms with Crippen LogP contribution in [-0.4, -0.2) is 32.6 Å². The highest BCUT2D eigenvalue weighted by atomic mass is 35.5. The van der Waals surface area contributed by atoms with Gasteiger partial charge in [0.25, 0.3) is 5.56 Å². The number of hydrogen-bond acceptors (Lipinski definition) is 4. The van der Waals surface area contributed by atoms with Gasteiger partial charge in [-0.2, -0.15) is 0 Å². The Morgan fingerprint density at radius 1 is 1.32 bits per heavy atom. The third-order valence-corrected chi connectivity index (χ3v) is 5.62. The maximum atomic E-state index is 12.9. The Bertz CT molecular complexity index is 1110. The van der Waals surface area contributed by atoms with Gasteiger partial charge in [0.2, 0.25) is 0 Å². The number of ether oxygens (including phenoxy) is 1. The quantitative estimate of drug-likeness (QED) is 0.615. The van der Waals surface area contributed by atoms with Gasteiger partial charge in [-0.1, -0.05) is 11.6 Å². The number of carbonyl (C=O) groups is 1. The Balaban J connectivity index is 1.61. The van der Waals surface area contributed by atoms with Crippen molar-refractivity contribution < 1.29 is 9.53 Å².